The zero-order chi connectivity index (χ0) is 21.7. The van der Waals surface area contributed by atoms with Crippen molar-refractivity contribution in [2.75, 3.05) is 0 Å². The molecule has 158 valence electrons. The third kappa shape index (κ3) is 3.01. The topological polar surface area (TPSA) is 36.7 Å². The summed E-state index contributed by atoms with van der Waals surface area (Å²) in [5, 5.41) is 11.8. The monoisotopic (exact) mass is 434 g/mol. The van der Waals surface area contributed by atoms with E-state index in [2.05, 4.69) is 61.5 Å². The predicted molar refractivity (Wildman–Crippen MR) is 132 cm³/mol. The van der Waals surface area contributed by atoms with Gasteiger partial charge in [-0.15, -0.1) is 11.3 Å². The molecular weight excluding hydrogens is 408 g/mol. The summed E-state index contributed by atoms with van der Waals surface area (Å²) in [6, 6.07) is 22.1. The molecule has 0 fully saturated rings. The number of aryl methyl sites for hydroxylation is 4. The summed E-state index contributed by atoms with van der Waals surface area (Å²) in [6.45, 7) is 2.14. The maximum atomic E-state index is 10.4. The van der Waals surface area contributed by atoms with Gasteiger partial charge < -0.3 is 0 Å². The lowest BCUT2D eigenvalue weighted by Crippen LogP contribution is -2.32. The van der Waals surface area contributed by atoms with E-state index in [1.807, 2.05) is 17.4 Å². The van der Waals surface area contributed by atoms with E-state index in [1.165, 1.54) is 67.9 Å². The number of thiophene rings is 1. The van der Waals surface area contributed by atoms with Gasteiger partial charge >= 0.3 is 0 Å². The molecule has 4 aromatic rings. The minimum Gasteiger partial charge on any atom is -0.242 e. The van der Waals surface area contributed by atoms with E-state index in [0.29, 0.717) is 0 Å². The Morgan fingerprint density at radius 1 is 0.938 bits per heavy atom. The largest absolute Gasteiger partial charge is 0.242 e. The molecule has 0 saturated carbocycles. The van der Waals surface area contributed by atoms with Crippen LogP contribution >= 0.6 is 11.3 Å². The van der Waals surface area contributed by atoms with Gasteiger partial charge in [0.05, 0.1) is 11.5 Å². The highest BCUT2D eigenvalue weighted by atomic mass is 32.1. The van der Waals surface area contributed by atoms with Gasteiger partial charge in [-0.2, -0.15) is 5.26 Å². The summed E-state index contributed by atoms with van der Waals surface area (Å²) in [4.78, 5) is 7.96. The first kappa shape index (κ1) is 19.7. The zero-order valence-corrected chi connectivity index (χ0v) is 19.3. The minimum atomic E-state index is -0.487. The number of benzene rings is 2. The Morgan fingerprint density at radius 3 is 2.50 bits per heavy atom. The lowest BCUT2D eigenvalue weighted by atomic mass is 9.68. The molecule has 2 aromatic heterocycles. The lowest BCUT2D eigenvalue weighted by Gasteiger charge is -2.34. The third-order valence-corrected chi connectivity index (χ3v) is 8.62. The van der Waals surface area contributed by atoms with Crippen molar-refractivity contribution in [3.63, 3.8) is 0 Å². The Balaban J connectivity index is 1.64. The maximum absolute atomic E-state index is 10.4. The molecule has 6 rings (SSSR count). The smallest absolute Gasteiger partial charge is 0.124 e. The first-order chi connectivity index (χ1) is 15.7. The molecule has 32 heavy (non-hydrogen) atoms. The molecule has 0 aliphatic heterocycles. The minimum absolute atomic E-state index is 0.487. The van der Waals surface area contributed by atoms with E-state index < -0.39 is 5.41 Å². The Bertz CT molecular complexity index is 1360. The van der Waals surface area contributed by atoms with Crippen molar-refractivity contribution in [3.8, 4) is 17.2 Å². The number of fused-ring (bicyclic) bond motifs is 4. The van der Waals surface area contributed by atoms with E-state index in [0.717, 1.165) is 31.2 Å². The van der Waals surface area contributed by atoms with Crippen LogP contribution in [0.1, 0.15) is 52.1 Å². The van der Waals surface area contributed by atoms with Gasteiger partial charge in [-0.05, 0) is 79.7 Å². The number of aromatic nitrogens is 1. The van der Waals surface area contributed by atoms with Crippen LogP contribution in [0.5, 0.6) is 0 Å². The third-order valence-electron chi connectivity index (χ3n) is 7.44. The van der Waals surface area contributed by atoms with Crippen LogP contribution in [0.2, 0.25) is 0 Å². The van der Waals surface area contributed by atoms with Gasteiger partial charge in [-0.1, -0.05) is 60.2 Å². The van der Waals surface area contributed by atoms with Crippen LogP contribution in [0, 0.1) is 18.3 Å². The van der Waals surface area contributed by atoms with E-state index in [4.69, 9.17) is 4.98 Å². The summed E-state index contributed by atoms with van der Waals surface area (Å²) in [6.07, 6.45) is 7.30. The summed E-state index contributed by atoms with van der Waals surface area (Å²) in [5.41, 5.74) is 8.56. The van der Waals surface area contributed by atoms with E-state index in [1.54, 1.807) is 0 Å². The van der Waals surface area contributed by atoms with Crippen LogP contribution in [0.3, 0.4) is 0 Å². The van der Waals surface area contributed by atoms with Gasteiger partial charge in [0.25, 0.3) is 0 Å². The molecule has 0 radical (unpaired) electrons. The lowest BCUT2D eigenvalue weighted by molar-refractivity contribution is 0.468. The van der Waals surface area contributed by atoms with Gasteiger partial charge in [0, 0.05) is 16.0 Å². The number of nitriles is 1. The average molecular weight is 435 g/mol. The second-order valence-corrected chi connectivity index (χ2v) is 10.5. The fourth-order valence-electron chi connectivity index (χ4n) is 5.69. The highest BCUT2D eigenvalue weighted by Crippen LogP contribution is 2.47. The summed E-state index contributed by atoms with van der Waals surface area (Å²) >= 11 is 1.91. The van der Waals surface area contributed by atoms with Crippen molar-refractivity contribution in [3.05, 3.63) is 87.4 Å². The molecule has 2 aromatic carbocycles. The van der Waals surface area contributed by atoms with E-state index in [9.17, 15) is 5.26 Å². The molecule has 0 unspecified atom stereocenters. The molecule has 3 heteroatoms. The molecule has 2 heterocycles. The van der Waals surface area contributed by atoms with Crippen LogP contribution in [0.15, 0.2) is 54.6 Å². The fraction of sp³-hybridized carbons (Fsp3) is 0.310. The van der Waals surface area contributed by atoms with Crippen LogP contribution in [-0.4, -0.2) is 4.98 Å². The standard InChI is InChI=1S/C29H26N2S/c1-19-11-13-20(14-12-19)26-23-17-29(18-30,21-7-3-2-4-8-21)16-15-24(23)31-28-27(26)22-9-5-6-10-25(22)32-28/h2-4,7-8,11-14H,5-6,9-10,15-17H2,1H3/t29-/m1/s1. The SMILES string of the molecule is Cc1ccc(-c2c3c(nc4sc5c(c24)CCCC5)CC[C@@](C#N)(c2ccccc2)C3)cc1. The van der Waals surface area contributed by atoms with Crippen molar-refractivity contribution >= 4 is 21.6 Å². The fourth-order valence-corrected chi connectivity index (χ4v) is 6.99. The Hall–Kier alpha value is -2.96. The first-order valence-corrected chi connectivity index (χ1v) is 12.5. The molecule has 2 aliphatic rings. The zero-order valence-electron chi connectivity index (χ0n) is 18.4. The van der Waals surface area contributed by atoms with Gasteiger partial charge in [-0.25, -0.2) is 4.98 Å². The van der Waals surface area contributed by atoms with Gasteiger partial charge in [0.15, 0.2) is 0 Å². The molecule has 0 bridgehead atoms. The number of hydrogen-bond donors (Lipinski definition) is 0. The second-order valence-electron chi connectivity index (χ2n) is 9.41. The van der Waals surface area contributed by atoms with Crippen molar-refractivity contribution in [2.45, 2.75) is 57.3 Å². The van der Waals surface area contributed by atoms with Crippen LogP contribution in [0.4, 0.5) is 0 Å². The van der Waals surface area contributed by atoms with Gasteiger partial charge in [0.1, 0.15) is 4.83 Å². The number of hydrogen-bond acceptors (Lipinski definition) is 3. The van der Waals surface area contributed by atoms with Crippen LogP contribution in [0.25, 0.3) is 21.3 Å². The summed E-state index contributed by atoms with van der Waals surface area (Å²) in [5.74, 6) is 0. The maximum Gasteiger partial charge on any atom is 0.124 e. The Kier molecular flexibility index (Phi) is 4.66. The van der Waals surface area contributed by atoms with E-state index in [-0.39, 0.29) is 0 Å². The molecule has 2 aliphatic carbocycles. The molecule has 2 nitrogen and oxygen atoms in total. The average Bonchev–Trinajstić information content (AvgIpc) is 3.21. The predicted octanol–water partition coefficient (Wildman–Crippen LogP) is 7.10. The Morgan fingerprint density at radius 2 is 1.72 bits per heavy atom. The Labute approximate surface area is 193 Å². The quantitative estimate of drug-likeness (QED) is 0.337. The molecule has 0 saturated heterocycles. The molecule has 0 N–H and O–H groups in total. The number of rotatable bonds is 2. The molecule has 0 amide bonds. The second kappa shape index (κ2) is 7.57. The number of pyridine rings is 1. The molecule has 1 atom stereocenters. The first-order valence-electron chi connectivity index (χ1n) is 11.7. The number of nitrogens with zero attached hydrogens (tertiary/aromatic N) is 2. The van der Waals surface area contributed by atoms with Crippen molar-refractivity contribution in [2.24, 2.45) is 0 Å². The highest BCUT2D eigenvalue weighted by molar-refractivity contribution is 7.19. The van der Waals surface area contributed by atoms with Crippen LogP contribution in [-0.2, 0) is 31.1 Å². The van der Waals surface area contributed by atoms with Gasteiger partial charge in [0.2, 0.25) is 0 Å². The molecule has 0 spiro atoms. The highest BCUT2D eigenvalue weighted by Gasteiger charge is 2.39. The molecular formula is C29H26N2S. The van der Waals surface area contributed by atoms with Crippen molar-refractivity contribution in [1.82, 2.24) is 4.98 Å². The van der Waals surface area contributed by atoms with Crippen LogP contribution < -0.4 is 0 Å². The summed E-state index contributed by atoms with van der Waals surface area (Å²) < 4.78 is 0. The van der Waals surface area contributed by atoms with E-state index >= 15 is 0 Å². The summed E-state index contributed by atoms with van der Waals surface area (Å²) in [7, 11) is 0. The van der Waals surface area contributed by atoms with Crippen molar-refractivity contribution in [1.29, 1.82) is 5.26 Å². The van der Waals surface area contributed by atoms with Gasteiger partial charge in [-0.3, -0.25) is 0 Å². The normalized spacial score (nSPS) is 19.9. The van der Waals surface area contributed by atoms with Crippen molar-refractivity contribution < 1.29 is 0 Å².